The molecule has 0 spiro atoms. The average Bonchev–Trinajstić information content (AvgIpc) is 3.29. The molecule has 0 aliphatic rings. The molecule has 1 N–H and O–H groups in total. The number of nitrogens with zero attached hydrogens (tertiary/aromatic N) is 2. The lowest BCUT2D eigenvalue weighted by molar-refractivity contribution is -0.384. The number of carbonyl (C=O) groups excluding carboxylic acids is 2. The molecule has 0 fully saturated rings. The summed E-state index contributed by atoms with van der Waals surface area (Å²) in [6.45, 7) is 0. The Kier molecular flexibility index (Phi) is 6.45. The number of benzene rings is 2. The zero-order valence-electron chi connectivity index (χ0n) is 15.6. The second kappa shape index (κ2) is 9.39. The molecule has 0 atom stereocenters. The molecular formula is C21H12ClN3O6. The molecule has 0 unspecified atom stereocenters. The molecule has 0 radical (unpaired) electrons. The maximum absolute atomic E-state index is 12.4. The van der Waals surface area contributed by atoms with Gasteiger partial charge in [-0.05, 0) is 42.0 Å². The van der Waals surface area contributed by atoms with Crippen LogP contribution in [-0.2, 0) is 4.79 Å². The Bertz CT molecular complexity index is 1210. The SMILES string of the molecule is N#CC(=Cc1ccc(OC(=O)c2ccco2)cc1)C(=O)Nc1ccc([N+](=O)[O-])cc1Cl. The first-order valence-electron chi connectivity index (χ1n) is 8.60. The molecule has 10 heteroatoms. The third-order valence-corrected chi connectivity index (χ3v) is 4.21. The number of esters is 1. The Morgan fingerprint density at radius 1 is 1.19 bits per heavy atom. The molecule has 2 aromatic carbocycles. The predicted molar refractivity (Wildman–Crippen MR) is 110 cm³/mol. The van der Waals surface area contributed by atoms with Crippen LogP contribution >= 0.6 is 11.6 Å². The van der Waals surface area contributed by atoms with Crippen LogP contribution in [-0.4, -0.2) is 16.8 Å². The topological polar surface area (TPSA) is 135 Å². The van der Waals surface area contributed by atoms with Crippen molar-refractivity contribution < 1.29 is 23.7 Å². The zero-order valence-corrected chi connectivity index (χ0v) is 16.3. The monoisotopic (exact) mass is 437 g/mol. The van der Waals surface area contributed by atoms with Crippen molar-refractivity contribution in [1.29, 1.82) is 5.26 Å². The van der Waals surface area contributed by atoms with Crippen LogP contribution in [0.4, 0.5) is 11.4 Å². The van der Waals surface area contributed by atoms with Crippen LogP contribution in [0.15, 0.2) is 70.9 Å². The van der Waals surface area contributed by atoms with Gasteiger partial charge in [0, 0.05) is 12.1 Å². The number of nitro benzene ring substituents is 1. The summed E-state index contributed by atoms with van der Waals surface area (Å²) < 4.78 is 10.1. The van der Waals surface area contributed by atoms with Gasteiger partial charge in [0.15, 0.2) is 0 Å². The van der Waals surface area contributed by atoms with Crippen molar-refractivity contribution in [3.05, 3.63) is 92.9 Å². The second-order valence-corrected chi connectivity index (χ2v) is 6.39. The Hall–Kier alpha value is -4.42. The van der Waals surface area contributed by atoms with Crippen molar-refractivity contribution >= 4 is 40.9 Å². The average molecular weight is 438 g/mol. The van der Waals surface area contributed by atoms with Gasteiger partial charge in [-0.25, -0.2) is 4.79 Å². The number of ether oxygens (including phenoxy) is 1. The van der Waals surface area contributed by atoms with E-state index in [0.717, 1.165) is 6.07 Å². The minimum atomic E-state index is -0.744. The largest absolute Gasteiger partial charge is 0.457 e. The molecule has 0 saturated carbocycles. The first-order valence-corrected chi connectivity index (χ1v) is 8.98. The molecule has 0 bridgehead atoms. The van der Waals surface area contributed by atoms with E-state index in [0.29, 0.717) is 5.56 Å². The Balaban J connectivity index is 1.71. The first kappa shape index (κ1) is 21.3. The number of hydrogen-bond acceptors (Lipinski definition) is 7. The highest BCUT2D eigenvalue weighted by Crippen LogP contribution is 2.27. The smallest absolute Gasteiger partial charge is 0.379 e. The number of nitrogens with one attached hydrogen (secondary N) is 1. The number of carbonyl (C=O) groups is 2. The Morgan fingerprint density at radius 3 is 2.52 bits per heavy atom. The van der Waals surface area contributed by atoms with Gasteiger partial charge in [-0.1, -0.05) is 23.7 Å². The standard InChI is InChI=1S/C21H12ClN3O6/c22-17-11-15(25(28)29)5-8-18(17)24-20(26)14(12-23)10-13-3-6-16(7-4-13)31-21(27)19-2-1-9-30-19/h1-11H,(H,24,26). The van der Waals surface area contributed by atoms with Crippen LogP contribution in [0.1, 0.15) is 16.1 Å². The third-order valence-electron chi connectivity index (χ3n) is 3.90. The van der Waals surface area contributed by atoms with Crippen molar-refractivity contribution in [3.63, 3.8) is 0 Å². The van der Waals surface area contributed by atoms with E-state index in [-0.39, 0.29) is 33.5 Å². The first-order chi connectivity index (χ1) is 14.9. The predicted octanol–water partition coefficient (Wildman–Crippen LogP) is 4.61. The molecule has 154 valence electrons. The molecule has 3 aromatic rings. The number of nitro groups is 1. The van der Waals surface area contributed by atoms with Crippen molar-refractivity contribution in [2.24, 2.45) is 0 Å². The van der Waals surface area contributed by atoms with Crippen LogP contribution in [0.2, 0.25) is 5.02 Å². The molecule has 9 nitrogen and oxygen atoms in total. The van der Waals surface area contributed by atoms with Gasteiger partial charge >= 0.3 is 5.97 Å². The summed E-state index contributed by atoms with van der Waals surface area (Å²) in [5.41, 5.74) is 0.166. The number of non-ortho nitro benzene ring substituents is 1. The fourth-order valence-electron chi connectivity index (χ4n) is 2.41. The van der Waals surface area contributed by atoms with E-state index in [9.17, 15) is 25.0 Å². The maximum atomic E-state index is 12.4. The number of amides is 1. The van der Waals surface area contributed by atoms with Gasteiger partial charge < -0.3 is 14.5 Å². The third kappa shape index (κ3) is 5.35. The highest BCUT2D eigenvalue weighted by atomic mass is 35.5. The van der Waals surface area contributed by atoms with Gasteiger partial charge in [-0.2, -0.15) is 5.26 Å². The van der Waals surface area contributed by atoms with E-state index in [2.05, 4.69) is 5.32 Å². The number of halogens is 1. The van der Waals surface area contributed by atoms with E-state index in [1.165, 1.54) is 42.7 Å². The lowest BCUT2D eigenvalue weighted by Gasteiger charge is -2.07. The molecule has 1 aromatic heterocycles. The number of nitriles is 1. The Labute approximate surface area is 180 Å². The number of furan rings is 1. The quantitative estimate of drug-likeness (QED) is 0.148. The summed E-state index contributed by atoms with van der Waals surface area (Å²) in [7, 11) is 0. The van der Waals surface area contributed by atoms with E-state index < -0.39 is 16.8 Å². The molecule has 0 aliphatic heterocycles. The highest BCUT2D eigenvalue weighted by Gasteiger charge is 2.15. The fraction of sp³-hybridized carbons (Fsp3) is 0. The van der Waals surface area contributed by atoms with Crippen molar-refractivity contribution in [3.8, 4) is 11.8 Å². The minimum Gasteiger partial charge on any atom is -0.457 e. The van der Waals surface area contributed by atoms with Crippen LogP contribution < -0.4 is 10.1 Å². The zero-order chi connectivity index (χ0) is 22.4. The Morgan fingerprint density at radius 2 is 1.94 bits per heavy atom. The molecule has 0 saturated heterocycles. The van der Waals surface area contributed by atoms with Crippen molar-refractivity contribution in [2.45, 2.75) is 0 Å². The summed E-state index contributed by atoms with van der Waals surface area (Å²) in [6, 6.07) is 14.4. The molecule has 0 aliphatic carbocycles. The van der Waals surface area contributed by atoms with Gasteiger partial charge in [0.1, 0.15) is 17.4 Å². The van der Waals surface area contributed by atoms with Crippen molar-refractivity contribution in [1.82, 2.24) is 0 Å². The van der Waals surface area contributed by atoms with E-state index in [1.807, 2.05) is 0 Å². The molecular weight excluding hydrogens is 426 g/mol. The van der Waals surface area contributed by atoms with E-state index in [1.54, 1.807) is 24.3 Å². The number of hydrogen-bond donors (Lipinski definition) is 1. The van der Waals surface area contributed by atoms with Gasteiger partial charge in [-0.15, -0.1) is 0 Å². The van der Waals surface area contributed by atoms with E-state index in [4.69, 9.17) is 20.8 Å². The van der Waals surface area contributed by atoms with Gasteiger partial charge in [0.05, 0.1) is 21.9 Å². The van der Waals surface area contributed by atoms with Crippen LogP contribution in [0.3, 0.4) is 0 Å². The maximum Gasteiger partial charge on any atom is 0.379 e. The summed E-state index contributed by atoms with van der Waals surface area (Å²) in [5.74, 6) is -1.10. The fourth-order valence-corrected chi connectivity index (χ4v) is 2.63. The minimum absolute atomic E-state index is 0.0393. The summed E-state index contributed by atoms with van der Waals surface area (Å²) in [5, 5.41) is 22.5. The number of anilines is 1. The molecule has 3 rings (SSSR count). The van der Waals surface area contributed by atoms with Gasteiger partial charge in [0.25, 0.3) is 11.6 Å². The summed E-state index contributed by atoms with van der Waals surface area (Å²) in [4.78, 5) is 34.4. The van der Waals surface area contributed by atoms with Crippen LogP contribution in [0.5, 0.6) is 5.75 Å². The molecule has 1 amide bonds. The second-order valence-electron chi connectivity index (χ2n) is 5.98. The van der Waals surface area contributed by atoms with Crippen molar-refractivity contribution in [2.75, 3.05) is 5.32 Å². The van der Waals surface area contributed by atoms with Crippen LogP contribution in [0, 0.1) is 21.4 Å². The van der Waals surface area contributed by atoms with E-state index >= 15 is 0 Å². The molecule has 1 heterocycles. The molecule has 31 heavy (non-hydrogen) atoms. The van der Waals surface area contributed by atoms with Gasteiger partial charge in [-0.3, -0.25) is 14.9 Å². The lowest BCUT2D eigenvalue weighted by atomic mass is 10.1. The van der Waals surface area contributed by atoms with Crippen LogP contribution in [0.25, 0.3) is 6.08 Å². The number of rotatable bonds is 6. The lowest BCUT2D eigenvalue weighted by Crippen LogP contribution is -2.13. The summed E-state index contributed by atoms with van der Waals surface area (Å²) >= 11 is 5.95. The highest BCUT2D eigenvalue weighted by molar-refractivity contribution is 6.34. The normalized spacial score (nSPS) is 10.8. The summed E-state index contributed by atoms with van der Waals surface area (Å²) in [6.07, 6.45) is 2.68. The van der Waals surface area contributed by atoms with Gasteiger partial charge in [0.2, 0.25) is 5.76 Å².